The number of carboxylic acid groups (broad SMARTS) is 1. The average Bonchev–Trinajstić information content (AvgIpc) is 2.34. The summed E-state index contributed by atoms with van der Waals surface area (Å²) in [6.45, 7) is 3.86. The molecule has 1 amide bonds. The molecule has 0 radical (unpaired) electrons. The predicted octanol–water partition coefficient (Wildman–Crippen LogP) is 0.949. The highest BCUT2D eigenvalue weighted by Crippen LogP contribution is 2.03. The molecule has 0 aliphatic rings. The Kier molecular flexibility index (Phi) is 2.27. The fourth-order valence-electron chi connectivity index (χ4n) is 0.677. The Morgan fingerprint density at radius 1 is 1.75 bits per heavy atom. The molecule has 0 saturated carbocycles. The van der Waals surface area contributed by atoms with Gasteiger partial charge in [0.25, 0.3) is 5.95 Å². The minimum atomic E-state index is -1.16. The van der Waals surface area contributed by atoms with Crippen molar-refractivity contribution < 1.29 is 9.90 Å². The van der Waals surface area contributed by atoms with E-state index in [1.807, 2.05) is 13.8 Å². The Labute approximate surface area is 69.2 Å². The van der Waals surface area contributed by atoms with Crippen molar-refractivity contribution in [2.24, 2.45) is 0 Å². The summed E-state index contributed by atoms with van der Waals surface area (Å²) < 4.78 is 1.57. The van der Waals surface area contributed by atoms with E-state index in [4.69, 9.17) is 5.11 Å². The fourth-order valence-corrected chi connectivity index (χ4v) is 0.677. The number of amides is 1. The Morgan fingerprint density at radius 3 is 2.83 bits per heavy atom. The molecule has 0 aliphatic carbocycles. The van der Waals surface area contributed by atoms with Gasteiger partial charge in [0.2, 0.25) is 0 Å². The monoisotopic (exact) mass is 170 g/mol. The van der Waals surface area contributed by atoms with Crippen molar-refractivity contribution in [3.05, 3.63) is 6.33 Å². The molecule has 66 valence electrons. The molecule has 0 aliphatic heterocycles. The van der Waals surface area contributed by atoms with Crippen molar-refractivity contribution in [3.63, 3.8) is 0 Å². The maximum atomic E-state index is 10.1. The smallest absolute Gasteiger partial charge is 0.411 e. The molecule has 0 fully saturated rings. The Balaban J connectivity index is 2.70. The summed E-state index contributed by atoms with van der Waals surface area (Å²) in [5.74, 6) is 0.108. The van der Waals surface area contributed by atoms with E-state index in [0.717, 1.165) is 0 Å². The van der Waals surface area contributed by atoms with Crippen LogP contribution in [0.15, 0.2) is 6.33 Å². The molecule has 1 aromatic heterocycles. The van der Waals surface area contributed by atoms with Gasteiger partial charge in [0, 0.05) is 6.04 Å². The number of nitrogens with zero attached hydrogens (tertiary/aromatic N) is 3. The van der Waals surface area contributed by atoms with Crippen molar-refractivity contribution >= 4 is 12.0 Å². The van der Waals surface area contributed by atoms with E-state index < -0.39 is 6.09 Å². The first-order valence-electron chi connectivity index (χ1n) is 3.50. The molecule has 1 rings (SSSR count). The zero-order valence-electron chi connectivity index (χ0n) is 6.85. The second kappa shape index (κ2) is 3.21. The second-order valence-electron chi connectivity index (χ2n) is 2.57. The molecule has 1 aromatic rings. The van der Waals surface area contributed by atoms with Crippen LogP contribution >= 0.6 is 0 Å². The first kappa shape index (κ1) is 8.51. The van der Waals surface area contributed by atoms with E-state index in [1.54, 1.807) is 4.68 Å². The zero-order chi connectivity index (χ0) is 9.14. The third-order valence-corrected chi connectivity index (χ3v) is 1.26. The van der Waals surface area contributed by atoms with Crippen LogP contribution in [-0.2, 0) is 0 Å². The van der Waals surface area contributed by atoms with Crippen molar-refractivity contribution in [1.29, 1.82) is 0 Å². The summed E-state index contributed by atoms with van der Waals surface area (Å²) in [7, 11) is 0. The van der Waals surface area contributed by atoms with E-state index in [-0.39, 0.29) is 12.0 Å². The number of hydrogen-bond donors (Lipinski definition) is 2. The summed E-state index contributed by atoms with van der Waals surface area (Å²) in [6.07, 6.45) is 0.326. The van der Waals surface area contributed by atoms with Crippen molar-refractivity contribution in [1.82, 2.24) is 14.8 Å². The first-order valence-corrected chi connectivity index (χ1v) is 3.50. The van der Waals surface area contributed by atoms with Crippen LogP contribution in [0.4, 0.5) is 10.7 Å². The molecule has 0 aromatic carbocycles. The topological polar surface area (TPSA) is 80.0 Å². The molecule has 0 unspecified atom stereocenters. The van der Waals surface area contributed by atoms with Gasteiger partial charge >= 0.3 is 6.09 Å². The third-order valence-electron chi connectivity index (χ3n) is 1.26. The van der Waals surface area contributed by atoms with Crippen LogP contribution in [0, 0.1) is 0 Å². The lowest BCUT2D eigenvalue weighted by molar-refractivity contribution is 0.209. The normalized spacial score (nSPS) is 10.2. The van der Waals surface area contributed by atoms with Gasteiger partial charge in [0.05, 0.1) is 0 Å². The number of rotatable bonds is 2. The van der Waals surface area contributed by atoms with Crippen LogP contribution in [0.1, 0.15) is 19.9 Å². The molecule has 0 spiro atoms. The minimum absolute atomic E-state index is 0.108. The third kappa shape index (κ3) is 1.94. The molecular formula is C6H10N4O2. The molecule has 1 heterocycles. The lowest BCUT2D eigenvalue weighted by Gasteiger charge is -2.01. The summed E-state index contributed by atoms with van der Waals surface area (Å²) in [5, 5.41) is 14.2. The van der Waals surface area contributed by atoms with Crippen LogP contribution in [0.3, 0.4) is 0 Å². The molecule has 0 atom stereocenters. The van der Waals surface area contributed by atoms with Crippen LogP contribution in [-0.4, -0.2) is 26.0 Å². The van der Waals surface area contributed by atoms with E-state index in [0.29, 0.717) is 0 Å². The second-order valence-corrected chi connectivity index (χ2v) is 2.57. The van der Waals surface area contributed by atoms with Gasteiger partial charge in [-0.25, -0.2) is 14.5 Å². The van der Waals surface area contributed by atoms with Crippen molar-refractivity contribution in [3.8, 4) is 0 Å². The predicted molar refractivity (Wildman–Crippen MR) is 42.1 cm³/mol. The largest absolute Gasteiger partial charge is 0.465 e. The number of aromatic nitrogens is 3. The van der Waals surface area contributed by atoms with Crippen LogP contribution in [0.2, 0.25) is 0 Å². The fraction of sp³-hybridized carbons (Fsp3) is 0.500. The van der Waals surface area contributed by atoms with Crippen molar-refractivity contribution in [2.45, 2.75) is 19.9 Å². The molecule has 2 N–H and O–H groups in total. The quantitative estimate of drug-likeness (QED) is 0.692. The number of anilines is 1. The maximum absolute atomic E-state index is 10.1. The molecular weight excluding hydrogens is 160 g/mol. The molecule has 0 bridgehead atoms. The standard InChI is InChI=1S/C6H10N4O2/c1-4(2)10-3-7-5(9-10)8-6(11)12/h3-4H,1-2H3,(H,8,9)(H,11,12). The van der Waals surface area contributed by atoms with Crippen LogP contribution in [0.5, 0.6) is 0 Å². The van der Waals surface area contributed by atoms with Gasteiger partial charge < -0.3 is 5.11 Å². The maximum Gasteiger partial charge on any atom is 0.411 e. The van der Waals surface area contributed by atoms with E-state index in [2.05, 4.69) is 15.4 Å². The van der Waals surface area contributed by atoms with Gasteiger partial charge in [-0.15, -0.1) is 5.10 Å². The molecule has 12 heavy (non-hydrogen) atoms. The summed E-state index contributed by atoms with van der Waals surface area (Å²) in [5.41, 5.74) is 0. The number of carbonyl (C=O) groups is 1. The molecule has 6 heteroatoms. The molecule has 0 saturated heterocycles. The Hall–Kier alpha value is -1.59. The lowest BCUT2D eigenvalue weighted by atomic mass is 10.4. The van der Waals surface area contributed by atoms with Gasteiger partial charge in [0.1, 0.15) is 6.33 Å². The number of nitrogens with one attached hydrogen (secondary N) is 1. The summed E-state index contributed by atoms with van der Waals surface area (Å²) >= 11 is 0. The van der Waals surface area contributed by atoms with E-state index in [1.165, 1.54) is 6.33 Å². The summed E-state index contributed by atoms with van der Waals surface area (Å²) in [6, 6.07) is 0.182. The molecule has 6 nitrogen and oxygen atoms in total. The van der Waals surface area contributed by atoms with Gasteiger partial charge in [-0.05, 0) is 13.8 Å². The SMILES string of the molecule is CC(C)n1cnc(NC(=O)O)n1. The van der Waals surface area contributed by atoms with E-state index in [9.17, 15) is 4.79 Å². The Morgan fingerprint density at radius 2 is 2.42 bits per heavy atom. The van der Waals surface area contributed by atoms with Gasteiger partial charge in [-0.2, -0.15) is 0 Å². The Bertz CT molecular complexity index is 281. The highest BCUT2D eigenvalue weighted by molar-refractivity contribution is 5.79. The van der Waals surface area contributed by atoms with Crippen molar-refractivity contribution in [2.75, 3.05) is 5.32 Å². The highest BCUT2D eigenvalue weighted by Gasteiger charge is 2.04. The van der Waals surface area contributed by atoms with Gasteiger partial charge in [0.15, 0.2) is 0 Å². The van der Waals surface area contributed by atoms with Crippen LogP contribution in [0.25, 0.3) is 0 Å². The number of hydrogen-bond acceptors (Lipinski definition) is 3. The average molecular weight is 170 g/mol. The summed E-state index contributed by atoms with van der Waals surface area (Å²) in [4.78, 5) is 13.9. The van der Waals surface area contributed by atoms with Gasteiger partial charge in [-0.3, -0.25) is 5.32 Å². The van der Waals surface area contributed by atoms with Gasteiger partial charge in [-0.1, -0.05) is 0 Å². The highest BCUT2D eigenvalue weighted by atomic mass is 16.4. The zero-order valence-corrected chi connectivity index (χ0v) is 6.85. The van der Waals surface area contributed by atoms with E-state index >= 15 is 0 Å². The minimum Gasteiger partial charge on any atom is -0.465 e. The first-order chi connectivity index (χ1) is 5.59. The van der Waals surface area contributed by atoms with Crippen LogP contribution < -0.4 is 5.32 Å². The lowest BCUT2D eigenvalue weighted by Crippen LogP contribution is -2.09.